The highest BCUT2D eigenvalue weighted by Crippen LogP contribution is 2.19. The third-order valence-corrected chi connectivity index (χ3v) is 2.48. The van der Waals surface area contributed by atoms with Crippen molar-refractivity contribution in [2.45, 2.75) is 19.9 Å². The molecule has 2 aromatic rings. The molecule has 0 amide bonds. The molecule has 0 spiro atoms. The molecule has 1 aromatic heterocycles. The summed E-state index contributed by atoms with van der Waals surface area (Å²) < 4.78 is 1.92. The minimum atomic E-state index is 0.529. The fourth-order valence-electron chi connectivity index (χ4n) is 1.74. The van der Waals surface area contributed by atoms with Crippen molar-refractivity contribution in [3.63, 3.8) is 0 Å². The molecule has 0 aliphatic rings. The predicted octanol–water partition coefficient (Wildman–Crippen LogP) is 1.29. The SMILES string of the molecule is CCc1cccc(CN)c1-n1cnnc1. The van der Waals surface area contributed by atoms with Gasteiger partial charge in [-0.2, -0.15) is 0 Å². The molecule has 0 saturated heterocycles. The van der Waals surface area contributed by atoms with Crippen LogP contribution in [0.2, 0.25) is 0 Å². The van der Waals surface area contributed by atoms with E-state index in [4.69, 9.17) is 5.73 Å². The monoisotopic (exact) mass is 202 g/mol. The first kappa shape index (κ1) is 9.86. The molecule has 2 rings (SSSR count). The maximum absolute atomic E-state index is 5.73. The molecule has 4 heteroatoms. The van der Waals surface area contributed by atoms with Crippen LogP contribution < -0.4 is 5.73 Å². The summed E-state index contributed by atoms with van der Waals surface area (Å²) in [7, 11) is 0. The van der Waals surface area contributed by atoms with Gasteiger partial charge in [0.25, 0.3) is 0 Å². The van der Waals surface area contributed by atoms with Crippen molar-refractivity contribution in [1.82, 2.24) is 14.8 Å². The van der Waals surface area contributed by atoms with Gasteiger partial charge in [-0.05, 0) is 17.5 Å². The van der Waals surface area contributed by atoms with Gasteiger partial charge in [0.2, 0.25) is 0 Å². The first-order valence-corrected chi connectivity index (χ1v) is 5.02. The number of hydrogen-bond acceptors (Lipinski definition) is 3. The Morgan fingerprint density at radius 3 is 2.47 bits per heavy atom. The molecule has 15 heavy (non-hydrogen) atoms. The molecular weight excluding hydrogens is 188 g/mol. The standard InChI is InChI=1S/C11H14N4/c1-2-9-4-3-5-10(6-12)11(9)15-7-13-14-8-15/h3-5,7-8H,2,6,12H2,1H3. The molecule has 0 unspecified atom stereocenters. The summed E-state index contributed by atoms with van der Waals surface area (Å²) in [5.74, 6) is 0. The van der Waals surface area contributed by atoms with E-state index >= 15 is 0 Å². The van der Waals surface area contributed by atoms with Gasteiger partial charge in [-0.25, -0.2) is 0 Å². The molecule has 78 valence electrons. The summed E-state index contributed by atoms with van der Waals surface area (Å²) in [4.78, 5) is 0. The molecular formula is C11H14N4. The largest absolute Gasteiger partial charge is 0.326 e. The van der Waals surface area contributed by atoms with E-state index in [-0.39, 0.29) is 0 Å². The quantitative estimate of drug-likeness (QED) is 0.815. The highest BCUT2D eigenvalue weighted by atomic mass is 15.2. The molecule has 0 saturated carbocycles. The van der Waals surface area contributed by atoms with Crippen LogP contribution in [0, 0.1) is 0 Å². The van der Waals surface area contributed by atoms with E-state index in [1.54, 1.807) is 12.7 Å². The van der Waals surface area contributed by atoms with E-state index < -0.39 is 0 Å². The Morgan fingerprint density at radius 2 is 1.87 bits per heavy atom. The fraction of sp³-hybridized carbons (Fsp3) is 0.273. The molecule has 4 nitrogen and oxygen atoms in total. The first-order chi connectivity index (χ1) is 7.36. The maximum Gasteiger partial charge on any atom is 0.123 e. The Bertz CT molecular complexity index is 412. The van der Waals surface area contributed by atoms with Crippen molar-refractivity contribution in [1.29, 1.82) is 0 Å². The van der Waals surface area contributed by atoms with Crippen LogP contribution >= 0.6 is 0 Å². The van der Waals surface area contributed by atoms with Crippen molar-refractivity contribution in [3.05, 3.63) is 42.0 Å². The molecule has 0 fully saturated rings. The lowest BCUT2D eigenvalue weighted by Gasteiger charge is -2.12. The predicted molar refractivity (Wildman–Crippen MR) is 58.6 cm³/mol. The zero-order valence-electron chi connectivity index (χ0n) is 8.72. The number of nitrogens with zero attached hydrogens (tertiary/aromatic N) is 3. The lowest BCUT2D eigenvalue weighted by atomic mass is 10.0. The van der Waals surface area contributed by atoms with Crippen LogP contribution in [0.25, 0.3) is 5.69 Å². The van der Waals surface area contributed by atoms with Gasteiger partial charge in [0.15, 0.2) is 0 Å². The van der Waals surface area contributed by atoms with Crippen LogP contribution in [0.1, 0.15) is 18.1 Å². The van der Waals surface area contributed by atoms with E-state index in [2.05, 4.69) is 23.2 Å². The smallest absolute Gasteiger partial charge is 0.123 e. The second kappa shape index (κ2) is 4.23. The number of benzene rings is 1. The summed E-state index contributed by atoms with van der Waals surface area (Å²) in [6, 6.07) is 6.18. The number of aryl methyl sites for hydroxylation is 1. The molecule has 1 aromatic carbocycles. The van der Waals surface area contributed by atoms with Gasteiger partial charge in [0, 0.05) is 6.54 Å². The molecule has 0 aliphatic carbocycles. The number of rotatable bonds is 3. The minimum Gasteiger partial charge on any atom is -0.326 e. The Kier molecular flexibility index (Phi) is 2.78. The van der Waals surface area contributed by atoms with Gasteiger partial charge in [-0.1, -0.05) is 25.1 Å². The lowest BCUT2D eigenvalue weighted by molar-refractivity contribution is 0.947. The van der Waals surface area contributed by atoms with Gasteiger partial charge in [-0.15, -0.1) is 10.2 Å². The summed E-state index contributed by atoms with van der Waals surface area (Å²) in [5.41, 5.74) is 9.23. The molecule has 1 heterocycles. The summed E-state index contributed by atoms with van der Waals surface area (Å²) >= 11 is 0. The van der Waals surface area contributed by atoms with Gasteiger partial charge < -0.3 is 5.73 Å². The average Bonchev–Trinajstić information content (AvgIpc) is 2.81. The van der Waals surface area contributed by atoms with Crippen molar-refractivity contribution < 1.29 is 0 Å². The van der Waals surface area contributed by atoms with E-state index in [0.29, 0.717) is 6.54 Å². The summed E-state index contributed by atoms with van der Waals surface area (Å²) in [5, 5.41) is 7.64. The highest BCUT2D eigenvalue weighted by Gasteiger charge is 2.07. The van der Waals surface area contributed by atoms with Crippen LogP contribution in [0.3, 0.4) is 0 Å². The number of hydrogen-bond donors (Lipinski definition) is 1. The molecule has 0 bridgehead atoms. The molecule has 0 radical (unpaired) electrons. The van der Waals surface area contributed by atoms with Crippen LogP contribution in [-0.4, -0.2) is 14.8 Å². The number of para-hydroxylation sites is 1. The summed E-state index contributed by atoms with van der Waals surface area (Å²) in [6.07, 6.45) is 4.38. The van der Waals surface area contributed by atoms with Crippen LogP contribution in [0.4, 0.5) is 0 Å². The maximum atomic E-state index is 5.73. The van der Waals surface area contributed by atoms with Crippen molar-refractivity contribution in [3.8, 4) is 5.69 Å². The Hall–Kier alpha value is -1.68. The topological polar surface area (TPSA) is 56.7 Å². The minimum absolute atomic E-state index is 0.529. The lowest BCUT2D eigenvalue weighted by Crippen LogP contribution is -2.06. The Balaban J connectivity index is 2.61. The normalized spacial score (nSPS) is 10.5. The summed E-state index contributed by atoms with van der Waals surface area (Å²) in [6.45, 7) is 2.66. The second-order valence-corrected chi connectivity index (χ2v) is 3.35. The number of aromatic nitrogens is 3. The zero-order chi connectivity index (χ0) is 10.7. The van der Waals surface area contributed by atoms with Gasteiger partial charge in [0.05, 0.1) is 5.69 Å². The van der Waals surface area contributed by atoms with E-state index in [0.717, 1.165) is 17.7 Å². The molecule has 2 N–H and O–H groups in total. The average molecular weight is 202 g/mol. The van der Waals surface area contributed by atoms with Gasteiger partial charge in [-0.3, -0.25) is 4.57 Å². The van der Waals surface area contributed by atoms with Crippen molar-refractivity contribution in [2.75, 3.05) is 0 Å². The second-order valence-electron chi connectivity index (χ2n) is 3.35. The van der Waals surface area contributed by atoms with Crippen LogP contribution in [0.5, 0.6) is 0 Å². The van der Waals surface area contributed by atoms with Gasteiger partial charge in [0.1, 0.15) is 12.7 Å². The van der Waals surface area contributed by atoms with E-state index in [9.17, 15) is 0 Å². The molecule has 0 atom stereocenters. The third-order valence-electron chi connectivity index (χ3n) is 2.48. The van der Waals surface area contributed by atoms with Crippen molar-refractivity contribution in [2.24, 2.45) is 5.73 Å². The first-order valence-electron chi connectivity index (χ1n) is 5.02. The highest BCUT2D eigenvalue weighted by molar-refractivity contribution is 5.48. The fourth-order valence-corrected chi connectivity index (χ4v) is 1.74. The Morgan fingerprint density at radius 1 is 1.20 bits per heavy atom. The molecule has 0 aliphatic heterocycles. The number of nitrogens with two attached hydrogens (primary N) is 1. The third kappa shape index (κ3) is 1.76. The van der Waals surface area contributed by atoms with Crippen LogP contribution in [0.15, 0.2) is 30.9 Å². The van der Waals surface area contributed by atoms with Gasteiger partial charge >= 0.3 is 0 Å². The van der Waals surface area contributed by atoms with E-state index in [1.165, 1.54) is 5.56 Å². The van der Waals surface area contributed by atoms with Crippen molar-refractivity contribution >= 4 is 0 Å². The zero-order valence-corrected chi connectivity index (χ0v) is 8.72. The van der Waals surface area contributed by atoms with Crippen LogP contribution in [-0.2, 0) is 13.0 Å². The van der Waals surface area contributed by atoms with E-state index in [1.807, 2.05) is 16.7 Å². The Labute approximate surface area is 88.8 Å².